The molecule has 0 fully saturated rings. The lowest BCUT2D eigenvalue weighted by Crippen LogP contribution is -2.40. The number of benzene rings is 6. The standard InChI is InChI=1S/C41H32NO2P2S2/c43-39(32-19-7-1-8-20-32)42(40(44)33-21-9-2-10-22-33)41(47)48-31-38(45(34-23-11-3-12-24-34)35-25-13-4-14-26-35)46(36-27-15-5-16-28-36)37-29-17-6-18-30-37/h1-30H,31H2/q+1. The average Bonchev–Trinajstić information content (AvgIpc) is 3.16. The number of imide groups is 1. The van der Waals surface area contributed by atoms with Crippen molar-refractivity contribution in [1.82, 2.24) is 4.90 Å². The summed E-state index contributed by atoms with van der Waals surface area (Å²) >= 11 is 7.42. The molecule has 6 rings (SSSR count). The van der Waals surface area contributed by atoms with Crippen LogP contribution in [0.5, 0.6) is 0 Å². The molecule has 0 aliphatic rings. The fourth-order valence-corrected chi connectivity index (χ4v) is 13.5. The minimum absolute atomic E-state index is 0.224. The Kier molecular flexibility index (Phi) is 11.5. The van der Waals surface area contributed by atoms with Crippen LogP contribution in [0.4, 0.5) is 0 Å². The Hall–Kier alpha value is -4.50. The molecule has 0 saturated carbocycles. The molecular weight excluding hydrogens is 665 g/mol. The van der Waals surface area contributed by atoms with Gasteiger partial charge in [-0.05, 0) is 59.1 Å². The molecule has 6 aromatic rings. The molecule has 48 heavy (non-hydrogen) atoms. The highest BCUT2D eigenvalue weighted by Gasteiger charge is 2.35. The molecule has 2 amide bonds. The number of hydrogen-bond donors (Lipinski definition) is 0. The predicted molar refractivity (Wildman–Crippen MR) is 212 cm³/mol. The van der Waals surface area contributed by atoms with Crippen molar-refractivity contribution >= 4 is 81.8 Å². The van der Waals surface area contributed by atoms with E-state index < -0.39 is 27.3 Å². The summed E-state index contributed by atoms with van der Waals surface area (Å²) in [5.41, 5.74) is 0.807. The Morgan fingerprint density at radius 2 is 0.854 bits per heavy atom. The van der Waals surface area contributed by atoms with E-state index in [1.54, 1.807) is 48.5 Å². The van der Waals surface area contributed by atoms with Crippen LogP contribution in [0.1, 0.15) is 20.7 Å². The van der Waals surface area contributed by atoms with Crippen molar-refractivity contribution in [1.29, 1.82) is 0 Å². The van der Waals surface area contributed by atoms with E-state index >= 15 is 0 Å². The van der Waals surface area contributed by atoms with Gasteiger partial charge in [0.05, 0.1) is 5.75 Å². The molecule has 0 aromatic heterocycles. The van der Waals surface area contributed by atoms with Crippen molar-refractivity contribution in [3.05, 3.63) is 193 Å². The van der Waals surface area contributed by atoms with Gasteiger partial charge in [-0.3, -0.25) is 9.59 Å². The molecule has 6 aromatic carbocycles. The quantitative estimate of drug-likeness (QED) is 0.0865. The number of carbonyl (C=O) groups is 2. The number of rotatable bonds is 9. The number of carbonyl (C=O) groups excluding carboxylic acids is 2. The second-order valence-electron chi connectivity index (χ2n) is 10.7. The normalized spacial score (nSPS) is 10.7. The zero-order chi connectivity index (χ0) is 33.1. The summed E-state index contributed by atoms with van der Waals surface area (Å²) in [7, 11) is -1.99. The van der Waals surface area contributed by atoms with Crippen molar-refractivity contribution in [2.45, 2.75) is 0 Å². The Bertz CT molecular complexity index is 1880. The van der Waals surface area contributed by atoms with Gasteiger partial charge in [-0.1, -0.05) is 157 Å². The number of thiocarbonyl (C=S) groups is 1. The van der Waals surface area contributed by atoms with E-state index in [1.807, 2.05) is 36.4 Å². The molecule has 3 nitrogen and oxygen atoms in total. The maximum absolute atomic E-state index is 14.0. The zero-order valence-electron chi connectivity index (χ0n) is 26.0. The molecule has 0 saturated heterocycles. The SMILES string of the molecule is O=C(c1ccccc1)N(C(=O)c1ccccc1)C(=S)SCC(P(c1ccccc1)c1ccccc1)=[P+](c1ccccc1)c1ccccc1. The second kappa shape index (κ2) is 16.6. The minimum Gasteiger partial charge on any atom is -0.268 e. The Morgan fingerprint density at radius 1 is 0.521 bits per heavy atom. The third-order valence-electron chi connectivity index (χ3n) is 7.53. The van der Waals surface area contributed by atoms with Crippen LogP contribution in [-0.4, -0.2) is 31.8 Å². The highest BCUT2D eigenvalue weighted by Crippen LogP contribution is 2.45. The Morgan fingerprint density at radius 3 is 1.23 bits per heavy atom. The third-order valence-corrected chi connectivity index (χ3v) is 15.2. The van der Waals surface area contributed by atoms with Crippen LogP contribution in [0.2, 0.25) is 0 Å². The zero-order valence-corrected chi connectivity index (χ0v) is 29.4. The van der Waals surface area contributed by atoms with Gasteiger partial charge in [-0.2, -0.15) is 0 Å². The number of hydrogen-bond acceptors (Lipinski definition) is 4. The molecule has 0 radical (unpaired) electrons. The van der Waals surface area contributed by atoms with E-state index in [0.717, 1.165) is 0 Å². The molecule has 234 valence electrons. The van der Waals surface area contributed by atoms with Crippen LogP contribution in [0.25, 0.3) is 0 Å². The fourth-order valence-electron chi connectivity index (χ4n) is 5.30. The van der Waals surface area contributed by atoms with Gasteiger partial charge >= 0.3 is 0 Å². The van der Waals surface area contributed by atoms with E-state index in [0.29, 0.717) is 16.9 Å². The van der Waals surface area contributed by atoms with Crippen LogP contribution >= 0.6 is 39.4 Å². The summed E-state index contributed by atoms with van der Waals surface area (Å²) in [5.74, 6) is -0.361. The molecule has 7 heteroatoms. The van der Waals surface area contributed by atoms with Gasteiger partial charge in [0.25, 0.3) is 11.8 Å². The highest BCUT2D eigenvalue weighted by molar-refractivity contribution is 8.24. The van der Waals surface area contributed by atoms with Crippen molar-refractivity contribution in [2.75, 3.05) is 5.75 Å². The molecule has 0 N–H and O–H groups in total. The van der Waals surface area contributed by atoms with Crippen LogP contribution in [0.3, 0.4) is 0 Å². The van der Waals surface area contributed by atoms with Crippen molar-refractivity contribution in [3.63, 3.8) is 0 Å². The highest BCUT2D eigenvalue weighted by atomic mass is 32.2. The van der Waals surface area contributed by atoms with E-state index in [9.17, 15) is 9.59 Å². The third kappa shape index (κ3) is 7.96. The molecule has 0 heterocycles. The average molecular weight is 697 g/mol. The smallest absolute Gasteiger partial charge is 0.266 e. The lowest BCUT2D eigenvalue weighted by atomic mass is 10.1. The lowest BCUT2D eigenvalue weighted by Gasteiger charge is -2.23. The Balaban J connectivity index is 1.50. The second-order valence-corrected chi connectivity index (χ2v) is 17.1. The molecule has 0 aliphatic heterocycles. The van der Waals surface area contributed by atoms with Crippen LogP contribution in [0.15, 0.2) is 182 Å². The van der Waals surface area contributed by atoms with Crippen LogP contribution in [-0.2, 0) is 0 Å². The first-order valence-corrected chi connectivity index (χ1v) is 19.5. The summed E-state index contributed by atoms with van der Waals surface area (Å²) in [5, 5.41) is 6.25. The maximum atomic E-state index is 14.0. The number of thioether (sulfide) groups is 1. The van der Waals surface area contributed by atoms with E-state index in [2.05, 4.69) is 97.1 Å². The van der Waals surface area contributed by atoms with E-state index in [1.165, 1.54) is 42.9 Å². The summed E-state index contributed by atoms with van der Waals surface area (Å²) in [6.07, 6.45) is 0. The van der Waals surface area contributed by atoms with Crippen molar-refractivity contribution in [2.24, 2.45) is 0 Å². The fraction of sp³-hybridized carbons (Fsp3) is 0.0244. The summed E-state index contributed by atoms with van der Waals surface area (Å²) < 4.78 is 0.224. The first-order valence-electron chi connectivity index (χ1n) is 15.4. The lowest BCUT2D eigenvalue weighted by molar-refractivity contribution is 0.0720. The van der Waals surface area contributed by atoms with Gasteiger partial charge in [0.15, 0.2) is 22.5 Å². The topological polar surface area (TPSA) is 37.4 Å². The maximum Gasteiger partial charge on any atom is 0.266 e. The summed E-state index contributed by atoms with van der Waals surface area (Å²) in [6.45, 7) is 0. The van der Waals surface area contributed by atoms with E-state index in [4.69, 9.17) is 12.2 Å². The predicted octanol–water partition coefficient (Wildman–Crippen LogP) is 8.38. The largest absolute Gasteiger partial charge is 0.268 e. The molecule has 0 atom stereocenters. The Labute approximate surface area is 293 Å². The van der Waals surface area contributed by atoms with Gasteiger partial charge < -0.3 is 0 Å². The van der Waals surface area contributed by atoms with Crippen LogP contribution in [0, 0.1) is 0 Å². The molecular formula is C41H32NO2P2S2+. The van der Waals surface area contributed by atoms with Gasteiger partial charge in [0, 0.05) is 19.0 Å². The summed E-state index contributed by atoms with van der Waals surface area (Å²) in [4.78, 5) is 29.2. The minimum atomic E-state index is -0.993. The molecule has 0 unspecified atom stereocenters. The molecule has 0 bridgehead atoms. The number of nitrogens with zero attached hydrogens (tertiary/aromatic N) is 1. The van der Waals surface area contributed by atoms with Gasteiger partial charge in [0.2, 0.25) is 0 Å². The first-order chi connectivity index (χ1) is 23.6. The van der Waals surface area contributed by atoms with Crippen molar-refractivity contribution < 1.29 is 9.59 Å². The molecule has 0 aliphatic carbocycles. The van der Waals surface area contributed by atoms with Crippen LogP contribution < -0.4 is 21.2 Å². The molecule has 0 spiro atoms. The first kappa shape index (κ1) is 33.4. The van der Waals surface area contributed by atoms with Gasteiger partial charge in [-0.25, -0.2) is 4.90 Å². The van der Waals surface area contributed by atoms with Crippen molar-refractivity contribution in [3.8, 4) is 0 Å². The van der Waals surface area contributed by atoms with Gasteiger partial charge in [0.1, 0.15) is 5.03 Å². The monoisotopic (exact) mass is 696 g/mol. The van der Waals surface area contributed by atoms with Gasteiger partial charge in [-0.15, -0.1) is 0 Å². The van der Waals surface area contributed by atoms with E-state index in [-0.39, 0.29) is 4.32 Å². The summed E-state index contributed by atoms with van der Waals surface area (Å²) in [6, 6.07) is 60.3. The number of amides is 2.